The maximum absolute atomic E-state index is 12.7. The zero-order valence-corrected chi connectivity index (χ0v) is 13.4. The van der Waals surface area contributed by atoms with Gasteiger partial charge in [0, 0.05) is 19.5 Å². The van der Waals surface area contributed by atoms with Crippen LogP contribution in [0.25, 0.3) is 0 Å². The number of amides is 1. The zero-order valence-electron chi connectivity index (χ0n) is 11.8. The van der Waals surface area contributed by atoms with Gasteiger partial charge < -0.3 is 11.1 Å². The van der Waals surface area contributed by atoms with Gasteiger partial charge >= 0.3 is 0 Å². The Bertz CT molecular complexity index is 599. The van der Waals surface area contributed by atoms with Gasteiger partial charge in [-0.1, -0.05) is 17.8 Å². The Morgan fingerprint density at radius 3 is 2.90 bits per heavy atom. The van der Waals surface area contributed by atoms with E-state index in [-0.39, 0.29) is 21.4 Å². The number of carbonyl (C=O) groups is 1. The summed E-state index contributed by atoms with van der Waals surface area (Å²) >= 11 is 0.867. The van der Waals surface area contributed by atoms with Crippen LogP contribution >= 0.6 is 11.3 Å². The van der Waals surface area contributed by atoms with E-state index in [2.05, 4.69) is 15.5 Å². The van der Waals surface area contributed by atoms with Gasteiger partial charge in [0.1, 0.15) is 0 Å². The van der Waals surface area contributed by atoms with Crippen LogP contribution in [0.1, 0.15) is 32.6 Å². The second kappa shape index (κ2) is 6.77. The number of piperidine rings is 1. The summed E-state index contributed by atoms with van der Waals surface area (Å²) in [6, 6.07) is -0.0816. The lowest BCUT2D eigenvalue weighted by Crippen LogP contribution is -2.44. The number of anilines is 1. The molecule has 2 rings (SSSR count). The van der Waals surface area contributed by atoms with Crippen molar-refractivity contribution in [3.8, 4) is 0 Å². The van der Waals surface area contributed by atoms with E-state index in [0.717, 1.165) is 30.6 Å². The smallest absolute Gasteiger partial charge is 0.272 e. The fourth-order valence-corrected chi connectivity index (χ4v) is 5.17. The lowest BCUT2D eigenvalue weighted by molar-refractivity contribution is -0.114. The lowest BCUT2D eigenvalue weighted by Gasteiger charge is -2.33. The molecule has 1 aliphatic rings. The summed E-state index contributed by atoms with van der Waals surface area (Å²) in [7, 11) is -3.68. The van der Waals surface area contributed by atoms with Crippen LogP contribution in [0.3, 0.4) is 0 Å². The summed E-state index contributed by atoms with van der Waals surface area (Å²) in [4.78, 5) is 11.0. The van der Waals surface area contributed by atoms with Crippen LogP contribution in [-0.2, 0) is 14.8 Å². The van der Waals surface area contributed by atoms with Gasteiger partial charge in [0.25, 0.3) is 10.0 Å². The van der Waals surface area contributed by atoms with Crippen molar-refractivity contribution in [2.75, 3.05) is 18.4 Å². The topological polar surface area (TPSA) is 118 Å². The van der Waals surface area contributed by atoms with Crippen LogP contribution in [0.5, 0.6) is 0 Å². The SMILES string of the molecule is CC(=O)Nc1nnc(S(=O)(=O)N2CCCCC2CCN)s1. The van der Waals surface area contributed by atoms with Crippen molar-refractivity contribution in [1.82, 2.24) is 14.5 Å². The molecule has 0 saturated carbocycles. The molecule has 118 valence electrons. The highest BCUT2D eigenvalue weighted by Gasteiger charge is 2.35. The molecule has 21 heavy (non-hydrogen) atoms. The first-order valence-electron chi connectivity index (χ1n) is 6.78. The maximum atomic E-state index is 12.7. The summed E-state index contributed by atoms with van der Waals surface area (Å²) < 4.78 is 26.7. The highest BCUT2D eigenvalue weighted by molar-refractivity contribution is 7.91. The number of nitrogens with zero attached hydrogens (tertiary/aromatic N) is 3. The predicted molar refractivity (Wildman–Crippen MR) is 79.4 cm³/mol. The second-order valence-electron chi connectivity index (χ2n) is 4.90. The molecular formula is C11H19N5O3S2. The Labute approximate surface area is 127 Å². The third-order valence-corrected chi connectivity index (χ3v) is 6.43. The lowest BCUT2D eigenvalue weighted by atomic mass is 10.0. The minimum Gasteiger partial charge on any atom is -0.330 e. The Morgan fingerprint density at radius 2 is 2.24 bits per heavy atom. The minimum absolute atomic E-state index is 0.0816. The number of nitrogens with two attached hydrogens (primary N) is 1. The molecule has 1 fully saturated rings. The van der Waals surface area contributed by atoms with E-state index in [1.54, 1.807) is 0 Å². The summed E-state index contributed by atoms with van der Waals surface area (Å²) in [6.45, 7) is 2.25. The van der Waals surface area contributed by atoms with Gasteiger partial charge in [-0.2, -0.15) is 4.31 Å². The van der Waals surface area contributed by atoms with Crippen LogP contribution in [0.4, 0.5) is 5.13 Å². The van der Waals surface area contributed by atoms with E-state index in [4.69, 9.17) is 5.73 Å². The Morgan fingerprint density at radius 1 is 1.48 bits per heavy atom. The van der Waals surface area contributed by atoms with Crippen LogP contribution in [0, 0.1) is 0 Å². The maximum Gasteiger partial charge on any atom is 0.272 e. The normalized spacial score (nSPS) is 20.4. The standard InChI is InChI=1S/C11H19N5O3S2/c1-8(17)13-10-14-15-11(20-10)21(18,19)16-7-3-2-4-9(16)5-6-12/h9H,2-7,12H2,1H3,(H,13,14,17). The molecule has 1 atom stereocenters. The molecule has 0 spiro atoms. The molecule has 0 aliphatic carbocycles. The molecule has 2 heterocycles. The van der Waals surface area contributed by atoms with E-state index in [9.17, 15) is 13.2 Å². The van der Waals surface area contributed by atoms with E-state index < -0.39 is 10.0 Å². The summed E-state index contributed by atoms with van der Waals surface area (Å²) in [5, 5.41) is 10.0. The van der Waals surface area contributed by atoms with Gasteiger partial charge in [-0.25, -0.2) is 8.42 Å². The number of nitrogens with one attached hydrogen (secondary N) is 1. The van der Waals surface area contributed by atoms with Gasteiger partial charge in [0.2, 0.25) is 15.4 Å². The Kier molecular flexibility index (Phi) is 5.25. The first-order chi connectivity index (χ1) is 9.95. The third-order valence-electron chi connectivity index (χ3n) is 3.29. The van der Waals surface area contributed by atoms with Crippen molar-refractivity contribution in [1.29, 1.82) is 0 Å². The first kappa shape index (κ1) is 16.3. The number of aromatic nitrogens is 2. The largest absolute Gasteiger partial charge is 0.330 e. The second-order valence-corrected chi connectivity index (χ2v) is 7.94. The predicted octanol–water partition coefficient (Wildman–Crippen LogP) is 0.388. The Balaban J connectivity index is 2.23. The van der Waals surface area contributed by atoms with E-state index in [0.29, 0.717) is 19.5 Å². The summed E-state index contributed by atoms with van der Waals surface area (Å²) in [5.74, 6) is -0.311. The van der Waals surface area contributed by atoms with Crippen molar-refractivity contribution in [3.05, 3.63) is 0 Å². The number of hydrogen-bond acceptors (Lipinski definition) is 7. The molecule has 1 saturated heterocycles. The first-order valence-corrected chi connectivity index (χ1v) is 9.04. The summed E-state index contributed by atoms with van der Waals surface area (Å²) in [5.41, 5.74) is 5.57. The van der Waals surface area contributed by atoms with Crippen molar-refractivity contribution in [2.24, 2.45) is 5.73 Å². The van der Waals surface area contributed by atoms with Gasteiger partial charge in [-0.3, -0.25) is 4.79 Å². The molecule has 0 aromatic carbocycles. The van der Waals surface area contributed by atoms with Crippen molar-refractivity contribution in [2.45, 2.75) is 43.0 Å². The molecule has 1 amide bonds. The van der Waals surface area contributed by atoms with Crippen molar-refractivity contribution in [3.63, 3.8) is 0 Å². The number of hydrogen-bond donors (Lipinski definition) is 2. The zero-order chi connectivity index (χ0) is 15.5. The number of carbonyl (C=O) groups excluding carboxylic acids is 1. The molecule has 0 radical (unpaired) electrons. The molecule has 8 nitrogen and oxygen atoms in total. The van der Waals surface area contributed by atoms with Crippen LogP contribution in [0.2, 0.25) is 0 Å². The van der Waals surface area contributed by atoms with E-state index in [1.807, 2.05) is 0 Å². The molecule has 10 heteroatoms. The molecular weight excluding hydrogens is 314 g/mol. The molecule has 3 N–H and O–H groups in total. The number of sulfonamides is 1. The minimum atomic E-state index is -3.68. The fourth-order valence-electron chi connectivity index (χ4n) is 2.39. The monoisotopic (exact) mass is 333 g/mol. The van der Waals surface area contributed by atoms with Crippen LogP contribution in [0.15, 0.2) is 4.34 Å². The quantitative estimate of drug-likeness (QED) is 0.752. The molecule has 0 bridgehead atoms. The average Bonchev–Trinajstić information content (AvgIpc) is 2.88. The van der Waals surface area contributed by atoms with E-state index in [1.165, 1.54) is 11.2 Å². The van der Waals surface area contributed by atoms with Crippen molar-refractivity contribution >= 4 is 32.4 Å². The van der Waals surface area contributed by atoms with Crippen LogP contribution < -0.4 is 11.1 Å². The van der Waals surface area contributed by atoms with Crippen molar-refractivity contribution < 1.29 is 13.2 Å². The average molecular weight is 333 g/mol. The van der Waals surface area contributed by atoms with Gasteiger partial charge in [-0.05, 0) is 25.8 Å². The number of rotatable bonds is 5. The van der Waals surface area contributed by atoms with Gasteiger partial charge in [0.15, 0.2) is 0 Å². The highest BCUT2D eigenvalue weighted by atomic mass is 32.2. The van der Waals surface area contributed by atoms with E-state index >= 15 is 0 Å². The molecule has 1 aromatic heterocycles. The third kappa shape index (κ3) is 3.76. The Hall–Kier alpha value is -1.10. The molecule has 1 unspecified atom stereocenters. The summed E-state index contributed by atoms with van der Waals surface area (Å²) in [6.07, 6.45) is 3.28. The van der Waals surface area contributed by atoms with Gasteiger partial charge in [0.05, 0.1) is 0 Å². The highest BCUT2D eigenvalue weighted by Crippen LogP contribution is 2.29. The van der Waals surface area contributed by atoms with Crippen LogP contribution in [-0.4, -0.2) is 48.0 Å². The molecule has 1 aliphatic heterocycles. The fraction of sp³-hybridized carbons (Fsp3) is 0.727. The molecule has 1 aromatic rings. The van der Waals surface area contributed by atoms with Gasteiger partial charge in [-0.15, -0.1) is 10.2 Å².